The second-order valence-electron chi connectivity index (χ2n) is 6.96. The van der Waals surface area contributed by atoms with Gasteiger partial charge >= 0.3 is 6.18 Å². The van der Waals surface area contributed by atoms with Crippen molar-refractivity contribution in [2.24, 2.45) is 0 Å². The van der Waals surface area contributed by atoms with Crippen LogP contribution in [0.25, 0.3) is 0 Å². The molecule has 0 bridgehead atoms. The van der Waals surface area contributed by atoms with Crippen LogP contribution in [0.3, 0.4) is 0 Å². The van der Waals surface area contributed by atoms with E-state index in [0.717, 1.165) is 23.3 Å². The first-order valence-corrected chi connectivity index (χ1v) is 10.7. The molecule has 1 aliphatic heterocycles. The molecule has 1 heterocycles. The van der Waals surface area contributed by atoms with Gasteiger partial charge in [0.2, 0.25) is 10.0 Å². The SMILES string of the molecule is O=S(=O)(c1ccccc1)N1CCc2cc(Oc3ccc(C(F)(F)F)cc3)ccc2C1. The average molecular weight is 433 g/mol. The topological polar surface area (TPSA) is 46.6 Å². The Morgan fingerprint density at radius 1 is 0.833 bits per heavy atom. The standard InChI is InChI=1S/C22H18F3NO3S/c23-22(24,25)18-7-10-19(11-8-18)29-20-9-6-17-15-26(13-12-16(17)14-20)30(27,28)21-4-2-1-3-5-21/h1-11,14H,12-13,15H2. The molecule has 0 aliphatic carbocycles. The summed E-state index contributed by atoms with van der Waals surface area (Å²) in [6.07, 6.45) is -3.87. The summed E-state index contributed by atoms with van der Waals surface area (Å²) in [6, 6.07) is 18.1. The van der Waals surface area contributed by atoms with Crippen LogP contribution in [0.2, 0.25) is 0 Å². The molecule has 0 atom stereocenters. The van der Waals surface area contributed by atoms with Crippen LogP contribution in [-0.2, 0) is 29.2 Å². The van der Waals surface area contributed by atoms with E-state index in [1.54, 1.807) is 48.5 Å². The fraction of sp³-hybridized carbons (Fsp3) is 0.182. The van der Waals surface area contributed by atoms with Gasteiger partial charge in [0.05, 0.1) is 10.5 Å². The molecule has 30 heavy (non-hydrogen) atoms. The summed E-state index contributed by atoms with van der Waals surface area (Å²) in [5.41, 5.74) is 1.10. The maximum Gasteiger partial charge on any atom is 0.416 e. The van der Waals surface area contributed by atoms with E-state index in [0.29, 0.717) is 24.5 Å². The summed E-state index contributed by atoms with van der Waals surface area (Å²) >= 11 is 0. The first-order chi connectivity index (χ1) is 14.2. The molecule has 4 rings (SSSR count). The molecule has 156 valence electrons. The van der Waals surface area contributed by atoms with Crippen LogP contribution >= 0.6 is 0 Å². The Kier molecular flexibility index (Phi) is 5.29. The third-order valence-electron chi connectivity index (χ3n) is 4.95. The Morgan fingerprint density at radius 2 is 1.50 bits per heavy atom. The third-order valence-corrected chi connectivity index (χ3v) is 6.81. The van der Waals surface area contributed by atoms with Gasteiger partial charge in [-0.05, 0) is 66.1 Å². The van der Waals surface area contributed by atoms with E-state index >= 15 is 0 Å². The van der Waals surface area contributed by atoms with Crippen molar-refractivity contribution in [3.8, 4) is 11.5 Å². The Bertz CT molecular complexity index is 1140. The molecule has 4 nitrogen and oxygen atoms in total. The summed E-state index contributed by atoms with van der Waals surface area (Å²) in [5.74, 6) is 0.792. The van der Waals surface area contributed by atoms with Gasteiger partial charge in [0.25, 0.3) is 0 Å². The van der Waals surface area contributed by atoms with Crippen LogP contribution in [0.15, 0.2) is 77.7 Å². The maximum absolute atomic E-state index is 12.8. The molecular weight excluding hydrogens is 415 g/mol. The van der Waals surface area contributed by atoms with Crippen molar-refractivity contribution >= 4 is 10.0 Å². The normalized spacial score (nSPS) is 14.9. The van der Waals surface area contributed by atoms with Gasteiger partial charge in [-0.1, -0.05) is 24.3 Å². The van der Waals surface area contributed by atoms with Crippen LogP contribution in [0, 0.1) is 0 Å². The molecule has 3 aromatic carbocycles. The predicted molar refractivity (Wildman–Crippen MR) is 106 cm³/mol. The van der Waals surface area contributed by atoms with Crippen molar-refractivity contribution in [3.05, 3.63) is 89.5 Å². The second-order valence-corrected chi connectivity index (χ2v) is 8.89. The molecule has 3 aromatic rings. The highest BCUT2D eigenvalue weighted by Crippen LogP contribution is 2.33. The number of hydrogen-bond acceptors (Lipinski definition) is 3. The maximum atomic E-state index is 12.8. The van der Waals surface area contributed by atoms with E-state index in [1.165, 1.54) is 16.4 Å². The smallest absolute Gasteiger partial charge is 0.416 e. The molecule has 0 amide bonds. The number of sulfonamides is 1. The molecular formula is C22H18F3NO3S. The first-order valence-electron chi connectivity index (χ1n) is 9.25. The molecule has 0 spiro atoms. The number of fused-ring (bicyclic) bond motifs is 1. The number of benzene rings is 3. The van der Waals surface area contributed by atoms with E-state index in [-0.39, 0.29) is 11.4 Å². The zero-order chi connectivity index (χ0) is 21.4. The van der Waals surface area contributed by atoms with Gasteiger partial charge in [-0.2, -0.15) is 17.5 Å². The lowest BCUT2D eigenvalue weighted by atomic mass is 10.0. The second kappa shape index (κ2) is 7.77. The van der Waals surface area contributed by atoms with Crippen molar-refractivity contribution in [2.75, 3.05) is 6.54 Å². The molecule has 0 unspecified atom stereocenters. The lowest BCUT2D eigenvalue weighted by Crippen LogP contribution is -2.35. The van der Waals surface area contributed by atoms with Gasteiger partial charge in [-0.3, -0.25) is 0 Å². The molecule has 8 heteroatoms. The third kappa shape index (κ3) is 4.20. The minimum atomic E-state index is -4.39. The Hall–Kier alpha value is -2.84. The average Bonchev–Trinajstić information content (AvgIpc) is 2.73. The first kappa shape index (κ1) is 20.4. The highest BCUT2D eigenvalue weighted by molar-refractivity contribution is 7.89. The van der Waals surface area contributed by atoms with Crippen LogP contribution in [-0.4, -0.2) is 19.3 Å². The van der Waals surface area contributed by atoms with Gasteiger partial charge in [0.1, 0.15) is 11.5 Å². The van der Waals surface area contributed by atoms with E-state index in [9.17, 15) is 21.6 Å². The molecule has 0 aromatic heterocycles. The van der Waals surface area contributed by atoms with Gasteiger partial charge < -0.3 is 4.74 Å². The molecule has 0 saturated heterocycles. The van der Waals surface area contributed by atoms with Gasteiger partial charge in [-0.25, -0.2) is 8.42 Å². The molecule has 0 radical (unpaired) electrons. The lowest BCUT2D eigenvalue weighted by Gasteiger charge is -2.28. The van der Waals surface area contributed by atoms with Crippen LogP contribution in [0.4, 0.5) is 13.2 Å². The molecule has 0 saturated carbocycles. The summed E-state index contributed by atoms with van der Waals surface area (Å²) in [6.45, 7) is 0.598. The van der Waals surface area contributed by atoms with Crippen LogP contribution in [0.5, 0.6) is 11.5 Å². The fourth-order valence-electron chi connectivity index (χ4n) is 3.36. The monoisotopic (exact) mass is 433 g/mol. The minimum absolute atomic E-state index is 0.257. The number of hydrogen-bond donors (Lipinski definition) is 0. The number of rotatable bonds is 4. The van der Waals surface area contributed by atoms with Crippen LogP contribution < -0.4 is 4.74 Å². The molecule has 0 N–H and O–H groups in total. The molecule has 0 fully saturated rings. The van der Waals surface area contributed by atoms with Crippen molar-refractivity contribution in [1.29, 1.82) is 0 Å². The van der Waals surface area contributed by atoms with Crippen molar-refractivity contribution in [3.63, 3.8) is 0 Å². The van der Waals surface area contributed by atoms with Crippen molar-refractivity contribution in [1.82, 2.24) is 4.31 Å². The summed E-state index contributed by atoms with van der Waals surface area (Å²) in [5, 5.41) is 0. The van der Waals surface area contributed by atoms with Crippen molar-refractivity contribution in [2.45, 2.75) is 24.0 Å². The van der Waals surface area contributed by atoms with E-state index in [1.807, 2.05) is 0 Å². The van der Waals surface area contributed by atoms with E-state index < -0.39 is 21.8 Å². The Labute approximate surface area is 172 Å². The Morgan fingerprint density at radius 3 is 2.17 bits per heavy atom. The zero-order valence-corrected chi connectivity index (χ0v) is 16.6. The fourth-order valence-corrected chi connectivity index (χ4v) is 4.80. The van der Waals surface area contributed by atoms with E-state index in [2.05, 4.69) is 0 Å². The van der Waals surface area contributed by atoms with Crippen molar-refractivity contribution < 1.29 is 26.3 Å². The lowest BCUT2D eigenvalue weighted by molar-refractivity contribution is -0.137. The van der Waals surface area contributed by atoms with E-state index in [4.69, 9.17) is 4.74 Å². The van der Waals surface area contributed by atoms with Crippen LogP contribution in [0.1, 0.15) is 16.7 Å². The van der Waals surface area contributed by atoms with Gasteiger partial charge in [-0.15, -0.1) is 0 Å². The quantitative estimate of drug-likeness (QED) is 0.565. The highest BCUT2D eigenvalue weighted by atomic mass is 32.2. The van der Waals surface area contributed by atoms with Gasteiger partial charge in [0.15, 0.2) is 0 Å². The predicted octanol–water partition coefficient (Wildman–Crippen LogP) is 5.24. The summed E-state index contributed by atoms with van der Waals surface area (Å²) in [4.78, 5) is 0.260. The molecule has 1 aliphatic rings. The number of ether oxygens (including phenoxy) is 1. The zero-order valence-electron chi connectivity index (χ0n) is 15.8. The summed E-state index contributed by atoms with van der Waals surface area (Å²) < 4.78 is 70.8. The highest BCUT2D eigenvalue weighted by Gasteiger charge is 2.30. The Balaban J connectivity index is 1.49. The number of nitrogens with zero attached hydrogens (tertiary/aromatic N) is 1. The largest absolute Gasteiger partial charge is 0.457 e. The van der Waals surface area contributed by atoms with Gasteiger partial charge in [0, 0.05) is 13.1 Å². The number of halogens is 3. The number of alkyl halides is 3. The minimum Gasteiger partial charge on any atom is -0.457 e. The summed E-state index contributed by atoms with van der Waals surface area (Å²) in [7, 11) is -3.57.